The van der Waals surface area contributed by atoms with Crippen LogP contribution in [0, 0.1) is 20.8 Å². The zero-order chi connectivity index (χ0) is 17.1. The molecule has 0 unspecified atom stereocenters. The van der Waals surface area contributed by atoms with Gasteiger partial charge in [0, 0.05) is 5.69 Å². The van der Waals surface area contributed by atoms with E-state index in [0.29, 0.717) is 5.82 Å². The lowest BCUT2D eigenvalue weighted by Crippen LogP contribution is -2.23. The predicted octanol–water partition coefficient (Wildman–Crippen LogP) is 3.61. The summed E-state index contributed by atoms with van der Waals surface area (Å²) >= 11 is 0. The second-order valence-corrected chi connectivity index (χ2v) is 5.92. The summed E-state index contributed by atoms with van der Waals surface area (Å²) in [7, 11) is 0. The lowest BCUT2D eigenvalue weighted by molar-refractivity contribution is -0.114. The Morgan fingerprint density at radius 1 is 1.04 bits per heavy atom. The number of hydrogen-bond donors (Lipinski definition) is 2. The van der Waals surface area contributed by atoms with E-state index >= 15 is 0 Å². The van der Waals surface area contributed by atoms with E-state index in [-0.39, 0.29) is 12.5 Å². The summed E-state index contributed by atoms with van der Waals surface area (Å²) < 4.78 is 0. The predicted molar refractivity (Wildman–Crippen MR) is 97.3 cm³/mol. The summed E-state index contributed by atoms with van der Waals surface area (Å²) in [5.41, 5.74) is 5.81. The van der Waals surface area contributed by atoms with E-state index in [9.17, 15) is 4.79 Å². The molecule has 2 aromatic carbocycles. The van der Waals surface area contributed by atoms with Crippen LogP contribution in [0.25, 0.3) is 11.0 Å². The van der Waals surface area contributed by atoms with Crippen molar-refractivity contribution >= 4 is 28.4 Å². The second-order valence-electron chi connectivity index (χ2n) is 5.92. The number of hydrogen-bond acceptors (Lipinski definition) is 4. The van der Waals surface area contributed by atoms with E-state index in [1.807, 2.05) is 45.0 Å². The van der Waals surface area contributed by atoms with Crippen molar-refractivity contribution < 1.29 is 4.79 Å². The molecule has 24 heavy (non-hydrogen) atoms. The van der Waals surface area contributed by atoms with E-state index in [1.165, 1.54) is 5.56 Å². The summed E-state index contributed by atoms with van der Waals surface area (Å²) in [6.45, 7) is 6.18. The van der Waals surface area contributed by atoms with Gasteiger partial charge >= 0.3 is 0 Å². The number of carbonyl (C=O) groups excluding carboxylic acids is 1. The van der Waals surface area contributed by atoms with Crippen LogP contribution in [0.4, 0.5) is 11.5 Å². The molecule has 122 valence electrons. The molecule has 2 N–H and O–H groups in total. The average molecular weight is 320 g/mol. The van der Waals surface area contributed by atoms with Gasteiger partial charge in [-0.1, -0.05) is 29.8 Å². The minimum absolute atomic E-state index is 0.111. The molecule has 5 heteroatoms. The number of nitrogens with one attached hydrogen (secondary N) is 2. The van der Waals surface area contributed by atoms with E-state index in [1.54, 1.807) is 6.20 Å². The Kier molecular flexibility index (Phi) is 4.42. The van der Waals surface area contributed by atoms with Crippen molar-refractivity contribution in [3.05, 3.63) is 59.3 Å². The Morgan fingerprint density at radius 3 is 2.42 bits per heavy atom. The number of nitrogens with zero attached hydrogens (tertiary/aromatic N) is 2. The van der Waals surface area contributed by atoms with Gasteiger partial charge < -0.3 is 10.6 Å². The Hall–Kier alpha value is -2.95. The highest BCUT2D eigenvalue weighted by molar-refractivity contribution is 5.95. The Bertz CT molecular complexity index is 882. The number of para-hydroxylation sites is 2. The molecule has 0 aliphatic carbocycles. The van der Waals surface area contributed by atoms with Gasteiger partial charge in [0.2, 0.25) is 5.91 Å². The quantitative estimate of drug-likeness (QED) is 0.771. The minimum Gasteiger partial charge on any atom is -0.360 e. The normalized spacial score (nSPS) is 10.6. The highest BCUT2D eigenvalue weighted by Crippen LogP contribution is 2.21. The van der Waals surface area contributed by atoms with Crippen LogP contribution in [0.15, 0.2) is 42.6 Å². The SMILES string of the molecule is Cc1cc(C)c(NC(=O)CNc2cnc3ccccc3n2)c(C)c1. The number of rotatable bonds is 4. The Labute approximate surface area is 141 Å². The average Bonchev–Trinajstić information content (AvgIpc) is 2.56. The van der Waals surface area contributed by atoms with Gasteiger partial charge in [-0.3, -0.25) is 9.78 Å². The van der Waals surface area contributed by atoms with Gasteiger partial charge in [-0.25, -0.2) is 4.98 Å². The zero-order valence-corrected chi connectivity index (χ0v) is 14.1. The van der Waals surface area contributed by atoms with Crippen LogP contribution in [-0.2, 0) is 4.79 Å². The number of anilines is 2. The smallest absolute Gasteiger partial charge is 0.243 e. The Morgan fingerprint density at radius 2 is 1.71 bits per heavy atom. The van der Waals surface area contributed by atoms with E-state index in [2.05, 4.69) is 32.7 Å². The summed E-state index contributed by atoms with van der Waals surface area (Å²) in [6, 6.07) is 11.8. The molecule has 0 aliphatic heterocycles. The van der Waals surface area contributed by atoms with Gasteiger partial charge in [0.25, 0.3) is 0 Å². The van der Waals surface area contributed by atoms with E-state index in [0.717, 1.165) is 27.8 Å². The summed E-state index contributed by atoms with van der Waals surface area (Å²) in [6.07, 6.45) is 1.64. The van der Waals surface area contributed by atoms with Crippen LogP contribution >= 0.6 is 0 Å². The van der Waals surface area contributed by atoms with Gasteiger partial charge in [0.15, 0.2) is 0 Å². The molecule has 3 aromatic rings. The third-order valence-corrected chi connectivity index (χ3v) is 3.82. The first kappa shape index (κ1) is 15.9. The first-order valence-corrected chi connectivity index (χ1v) is 7.86. The van der Waals surface area contributed by atoms with Gasteiger partial charge in [-0.2, -0.15) is 0 Å². The highest BCUT2D eigenvalue weighted by Gasteiger charge is 2.09. The summed E-state index contributed by atoms with van der Waals surface area (Å²) in [5, 5.41) is 5.98. The maximum absolute atomic E-state index is 12.2. The number of fused-ring (bicyclic) bond motifs is 1. The van der Waals surface area contributed by atoms with E-state index < -0.39 is 0 Å². The summed E-state index contributed by atoms with van der Waals surface area (Å²) in [4.78, 5) is 21.0. The number of amides is 1. The van der Waals surface area contributed by atoms with Crippen LogP contribution in [-0.4, -0.2) is 22.4 Å². The van der Waals surface area contributed by atoms with Gasteiger partial charge in [0.1, 0.15) is 5.82 Å². The van der Waals surface area contributed by atoms with Crippen LogP contribution in [0.1, 0.15) is 16.7 Å². The molecule has 0 bridgehead atoms. The lowest BCUT2D eigenvalue weighted by atomic mass is 10.1. The molecule has 0 radical (unpaired) electrons. The molecule has 1 amide bonds. The van der Waals surface area contributed by atoms with Crippen molar-refractivity contribution in [3.63, 3.8) is 0 Å². The van der Waals surface area contributed by atoms with Gasteiger partial charge in [0.05, 0.1) is 23.8 Å². The van der Waals surface area contributed by atoms with E-state index in [4.69, 9.17) is 0 Å². The second kappa shape index (κ2) is 6.66. The van der Waals surface area contributed by atoms with Crippen molar-refractivity contribution in [3.8, 4) is 0 Å². The van der Waals surface area contributed by atoms with Crippen LogP contribution in [0.5, 0.6) is 0 Å². The van der Waals surface area contributed by atoms with Crippen LogP contribution < -0.4 is 10.6 Å². The number of aryl methyl sites for hydroxylation is 3. The summed E-state index contributed by atoms with van der Waals surface area (Å²) in [5.74, 6) is 0.473. The zero-order valence-electron chi connectivity index (χ0n) is 14.1. The van der Waals surface area contributed by atoms with Crippen molar-refractivity contribution in [2.24, 2.45) is 0 Å². The first-order chi connectivity index (χ1) is 11.5. The molecule has 0 saturated carbocycles. The lowest BCUT2D eigenvalue weighted by Gasteiger charge is -2.13. The van der Waals surface area contributed by atoms with Gasteiger partial charge in [-0.05, 0) is 44.0 Å². The molecule has 0 atom stereocenters. The standard InChI is InChI=1S/C19H20N4O/c1-12-8-13(2)19(14(3)9-12)23-18(24)11-21-17-10-20-15-6-4-5-7-16(15)22-17/h4-10H,11H2,1-3H3,(H,21,22)(H,23,24). The molecule has 5 nitrogen and oxygen atoms in total. The maximum atomic E-state index is 12.2. The largest absolute Gasteiger partial charge is 0.360 e. The first-order valence-electron chi connectivity index (χ1n) is 7.86. The molecule has 1 heterocycles. The van der Waals surface area contributed by atoms with Crippen LogP contribution in [0.2, 0.25) is 0 Å². The topological polar surface area (TPSA) is 66.9 Å². The molecule has 0 fully saturated rings. The molecule has 0 aliphatic rings. The monoisotopic (exact) mass is 320 g/mol. The molecule has 1 aromatic heterocycles. The van der Waals surface area contributed by atoms with Crippen LogP contribution in [0.3, 0.4) is 0 Å². The minimum atomic E-state index is -0.111. The Balaban J connectivity index is 1.67. The van der Waals surface area contributed by atoms with Crippen molar-refractivity contribution in [2.75, 3.05) is 17.2 Å². The fourth-order valence-electron chi connectivity index (χ4n) is 2.77. The molecule has 3 rings (SSSR count). The van der Waals surface area contributed by atoms with Crippen molar-refractivity contribution in [1.82, 2.24) is 9.97 Å². The van der Waals surface area contributed by atoms with Crippen molar-refractivity contribution in [1.29, 1.82) is 0 Å². The fraction of sp³-hybridized carbons (Fsp3) is 0.211. The maximum Gasteiger partial charge on any atom is 0.243 e. The number of carbonyl (C=O) groups is 1. The molecule has 0 saturated heterocycles. The molecular formula is C19H20N4O. The number of benzene rings is 2. The fourth-order valence-corrected chi connectivity index (χ4v) is 2.77. The van der Waals surface area contributed by atoms with Crippen molar-refractivity contribution in [2.45, 2.75) is 20.8 Å². The molecular weight excluding hydrogens is 300 g/mol. The third-order valence-electron chi connectivity index (χ3n) is 3.82. The number of aromatic nitrogens is 2. The van der Waals surface area contributed by atoms with Gasteiger partial charge in [-0.15, -0.1) is 0 Å². The molecule has 0 spiro atoms. The highest BCUT2D eigenvalue weighted by atomic mass is 16.1. The third kappa shape index (κ3) is 3.51.